The molecule has 1 aliphatic heterocycles. The number of nitrogens with one attached hydrogen (secondary N) is 1. The SMILES string of the molecule is O=C1NC(=Nc2ccc(Cl)c(C(F)(F)F)c2)S/C1=C\c1ccccc1Cl. The molecule has 0 unspecified atom stereocenters. The molecule has 26 heavy (non-hydrogen) atoms. The van der Waals surface area contributed by atoms with E-state index < -0.39 is 22.7 Å². The first kappa shape index (κ1) is 18.8. The van der Waals surface area contributed by atoms with Crippen molar-refractivity contribution in [2.45, 2.75) is 6.18 Å². The van der Waals surface area contributed by atoms with Crippen LogP contribution in [0.15, 0.2) is 52.4 Å². The van der Waals surface area contributed by atoms with Crippen LogP contribution >= 0.6 is 35.0 Å². The fraction of sp³-hybridized carbons (Fsp3) is 0.0588. The number of hydrogen-bond acceptors (Lipinski definition) is 3. The van der Waals surface area contributed by atoms with Crippen LogP contribution in [0.4, 0.5) is 18.9 Å². The molecule has 0 saturated carbocycles. The lowest BCUT2D eigenvalue weighted by atomic mass is 10.2. The van der Waals surface area contributed by atoms with E-state index in [-0.39, 0.29) is 10.9 Å². The van der Waals surface area contributed by atoms with Crippen molar-refractivity contribution in [3.05, 3.63) is 68.5 Å². The number of halogens is 5. The molecule has 134 valence electrons. The van der Waals surface area contributed by atoms with Crippen LogP contribution < -0.4 is 5.32 Å². The van der Waals surface area contributed by atoms with Crippen LogP contribution in [-0.2, 0) is 11.0 Å². The summed E-state index contributed by atoms with van der Waals surface area (Å²) in [5.41, 5.74) is -0.301. The maximum Gasteiger partial charge on any atom is 0.417 e. The van der Waals surface area contributed by atoms with Gasteiger partial charge in [0, 0.05) is 5.02 Å². The number of thioether (sulfide) groups is 1. The maximum atomic E-state index is 12.9. The summed E-state index contributed by atoms with van der Waals surface area (Å²) in [5.74, 6) is -0.404. The third-order valence-corrected chi connectivity index (χ3v) is 4.91. The van der Waals surface area contributed by atoms with Crippen molar-refractivity contribution in [1.29, 1.82) is 0 Å². The topological polar surface area (TPSA) is 41.5 Å². The molecule has 2 aromatic carbocycles. The lowest BCUT2D eigenvalue weighted by Gasteiger charge is -2.09. The van der Waals surface area contributed by atoms with Gasteiger partial charge in [-0.2, -0.15) is 13.2 Å². The molecule has 0 radical (unpaired) electrons. The van der Waals surface area contributed by atoms with Gasteiger partial charge in [0.2, 0.25) is 0 Å². The van der Waals surface area contributed by atoms with Gasteiger partial charge in [0.05, 0.1) is 21.2 Å². The second-order valence-electron chi connectivity index (χ2n) is 5.17. The molecule has 3 rings (SSSR count). The van der Waals surface area contributed by atoms with Gasteiger partial charge in [-0.15, -0.1) is 0 Å². The van der Waals surface area contributed by atoms with Crippen molar-refractivity contribution in [3.8, 4) is 0 Å². The van der Waals surface area contributed by atoms with E-state index in [9.17, 15) is 18.0 Å². The van der Waals surface area contributed by atoms with E-state index >= 15 is 0 Å². The summed E-state index contributed by atoms with van der Waals surface area (Å²) < 4.78 is 38.8. The van der Waals surface area contributed by atoms with Crippen molar-refractivity contribution in [2.24, 2.45) is 4.99 Å². The second kappa shape index (κ2) is 7.34. The predicted octanol–water partition coefficient (Wildman–Crippen LogP) is 5.90. The molecule has 0 aromatic heterocycles. The van der Waals surface area contributed by atoms with Crippen LogP contribution in [0.5, 0.6) is 0 Å². The third-order valence-electron chi connectivity index (χ3n) is 3.33. The van der Waals surface area contributed by atoms with Gasteiger partial charge >= 0.3 is 6.18 Å². The maximum absolute atomic E-state index is 12.9. The molecule has 3 nitrogen and oxygen atoms in total. The van der Waals surface area contributed by atoms with Crippen LogP contribution in [0, 0.1) is 0 Å². The van der Waals surface area contributed by atoms with Crippen LogP contribution in [0.1, 0.15) is 11.1 Å². The first-order chi connectivity index (χ1) is 12.2. The summed E-state index contributed by atoms with van der Waals surface area (Å²) in [7, 11) is 0. The number of carbonyl (C=O) groups is 1. The molecule has 1 amide bonds. The highest BCUT2D eigenvalue weighted by atomic mass is 35.5. The molecule has 0 bridgehead atoms. The minimum Gasteiger partial charge on any atom is -0.300 e. The minimum absolute atomic E-state index is 0.0310. The number of hydrogen-bond donors (Lipinski definition) is 1. The number of amidine groups is 1. The second-order valence-corrected chi connectivity index (χ2v) is 7.01. The minimum atomic E-state index is -4.59. The van der Waals surface area contributed by atoms with Crippen molar-refractivity contribution < 1.29 is 18.0 Å². The zero-order valence-electron chi connectivity index (χ0n) is 12.8. The van der Waals surface area contributed by atoms with E-state index in [1.165, 1.54) is 6.07 Å². The highest BCUT2D eigenvalue weighted by Crippen LogP contribution is 2.37. The summed E-state index contributed by atoms with van der Waals surface area (Å²) in [6.45, 7) is 0. The van der Waals surface area contributed by atoms with Crippen LogP contribution in [0.25, 0.3) is 6.08 Å². The molecule has 0 atom stereocenters. The van der Waals surface area contributed by atoms with Gasteiger partial charge in [0.15, 0.2) is 5.17 Å². The van der Waals surface area contributed by atoms with Crippen LogP contribution in [-0.4, -0.2) is 11.1 Å². The van der Waals surface area contributed by atoms with Gasteiger partial charge in [-0.1, -0.05) is 41.4 Å². The molecule has 1 N–H and O–H groups in total. The average Bonchev–Trinajstić information content (AvgIpc) is 2.90. The van der Waals surface area contributed by atoms with Crippen LogP contribution in [0.3, 0.4) is 0 Å². The summed E-state index contributed by atoms with van der Waals surface area (Å²) in [6.07, 6.45) is -3.00. The number of aliphatic imine (C=N–C) groups is 1. The van der Waals surface area contributed by atoms with E-state index in [2.05, 4.69) is 10.3 Å². The van der Waals surface area contributed by atoms with Crippen molar-refractivity contribution in [3.63, 3.8) is 0 Å². The lowest BCUT2D eigenvalue weighted by Crippen LogP contribution is -2.19. The lowest BCUT2D eigenvalue weighted by molar-refractivity contribution is -0.137. The van der Waals surface area contributed by atoms with Crippen molar-refractivity contribution >= 4 is 57.8 Å². The number of nitrogens with zero attached hydrogens (tertiary/aromatic N) is 1. The molecule has 1 fully saturated rings. The zero-order valence-corrected chi connectivity index (χ0v) is 15.1. The zero-order chi connectivity index (χ0) is 18.9. The molecule has 1 heterocycles. The first-order valence-electron chi connectivity index (χ1n) is 7.15. The van der Waals surface area contributed by atoms with Gasteiger partial charge in [0.25, 0.3) is 5.91 Å². The fourth-order valence-corrected chi connectivity index (χ4v) is 3.38. The van der Waals surface area contributed by atoms with Gasteiger partial charge in [-0.05, 0) is 47.7 Å². The number of benzene rings is 2. The fourth-order valence-electron chi connectivity index (χ4n) is 2.13. The molecule has 0 aliphatic carbocycles. The Balaban J connectivity index is 1.88. The van der Waals surface area contributed by atoms with Gasteiger partial charge in [-0.3, -0.25) is 4.79 Å². The van der Waals surface area contributed by atoms with E-state index in [0.29, 0.717) is 15.5 Å². The Morgan fingerprint density at radius 3 is 2.50 bits per heavy atom. The summed E-state index contributed by atoms with van der Waals surface area (Å²) in [5, 5.41) is 2.75. The monoisotopic (exact) mass is 416 g/mol. The van der Waals surface area contributed by atoms with Crippen molar-refractivity contribution in [2.75, 3.05) is 0 Å². The van der Waals surface area contributed by atoms with E-state index in [4.69, 9.17) is 23.2 Å². The quantitative estimate of drug-likeness (QED) is 0.618. The van der Waals surface area contributed by atoms with Gasteiger partial charge < -0.3 is 5.32 Å². The smallest absolute Gasteiger partial charge is 0.300 e. The van der Waals surface area contributed by atoms with Crippen LogP contribution in [0.2, 0.25) is 10.0 Å². The Morgan fingerprint density at radius 1 is 1.08 bits per heavy atom. The van der Waals surface area contributed by atoms with E-state index in [1.54, 1.807) is 30.3 Å². The normalized spacial score (nSPS) is 17.8. The molecular formula is C17H9Cl2F3N2OS. The predicted molar refractivity (Wildman–Crippen MR) is 98.7 cm³/mol. The summed E-state index contributed by atoms with van der Waals surface area (Å²) >= 11 is 12.7. The molecule has 1 aliphatic rings. The Hall–Kier alpha value is -1.96. The number of amides is 1. The number of carbonyl (C=O) groups excluding carboxylic acids is 1. The van der Waals surface area contributed by atoms with Gasteiger partial charge in [-0.25, -0.2) is 4.99 Å². The molecule has 9 heteroatoms. The third kappa shape index (κ3) is 4.23. The number of alkyl halides is 3. The Labute approximate surface area is 160 Å². The molecule has 1 saturated heterocycles. The Bertz CT molecular complexity index is 942. The largest absolute Gasteiger partial charge is 0.417 e. The average molecular weight is 417 g/mol. The number of rotatable bonds is 2. The van der Waals surface area contributed by atoms with Crippen molar-refractivity contribution in [1.82, 2.24) is 5.32 Å². The van der Waals surface area contributed by atoms with Gasteiger partial charge in [0.1, 0.15) is 0 Å². The Kier molecular flexibility index (Phi) is 5.32. The molecule has 2 aromatic rings. The Morgan fingerprint density at radius 2 is 1.81 bits per heavy atom. The van der Waals surface area contributed by atoms with E-state index in [0.717, 1.165) is 23.9 Å². The standard InChI is InChI=1S/C17H9Cl2F3N2OS/c18-12-4-2-1-3-9(12)7-14-15(25)24-16(26-14)23-10-5-6-13(19)11(8-10)17(20,21)22/h1-8H,(H,23,24,25)/b14-7-. The highest BCUT2D eigenvalue weighted by molar-refractivity contribution is 8.18. The highest BCUT2D eigenvalue weighted by Gasteiger charge is 2.33. The molecule has 0 spiro atoms. The first-order valence-corrected chi connectivity index (χ1v) is 8.72. The van der Waals surface area contributed by atoms with E-state index in [1.807, 2.05) is 0 Å². The molecular weight excluding hydrogens is 408 g/mol. The summed E-state index contributed by atoms with van der Waals surface area (Å²) in [4.78, 5) is 16.4. The summed E-state index contributed by atoms with van der Waals surface area (Å²) in [6, 6.07) is 10.3.